The van der Waals surface area contributed by atoms with Crippen LogP contribution in [0.5, 0.6) is 17.2 Å². The second-order valence-electron chi connectivity index (χ2n) is 7.52. The SMILES string of the molecule is CCOc1ccc(C(=O)N2C3CCC2CC(Oc2ccncc2)C3)cc1OCC. The number of nitrogens with zero attached hydrogens (tertiary/aromatic N) is 2. The molecular weight excluding hydrogens is 368 g/mol. The first-order valence-electron chi connectivity index (χ1n) is 10.5. The average molecular weight is 396 g/mol. The van der Waals surface area contributed by atoms with Crippen LogP contribution in [0.15, 0.2) is 42.7 Å². The maximum Gasteiger partial charge on any atom is 0.254 e. The molecule has 0 N–H and O–H groups in total. The number of carbonyl (C=O) groups is 1. The summed E-state index contributed by atoms with van der Waals surface area (Å²) in [5.74, 6) is 2.22. The summed E-state index contributed by atoms with van der Waals surface area (Å²) < 4.78 is 17.5. The van der Waals surface area contributed by atoms with Crippen LogP contribution in [0, 0.1) is 0 Å². The van der Waals surface area contributed by atoms with Crippen LogP contribution in [-0.4, -0.2) is 47.2 Å². The Morgan fingerprint density at radius 3 is 2.31 bits per heavy atom. The standard InChI is InChI=1S/C23H28N2O4/c1-3-27-21-8-5-16(13-22(21)28-4-2)23(26)25-17-6-7-18(25)15-20(14-17)29-19-9-11-24-12-10-19/h5,8-13,17-18,20H,3-4,6-7,14-15H2,1-2H3. The second-order valence-corrected chi connectivity index (χ2v) is 7.52. The molecule has 0 saturated carbocycles. The second kappa shape index (κ2) is 8.72. The van der Waals surface area contributed by atoms with Gasteiger partial charge in [0, 0.05) is 42.9 Å². The van der Waals surface area contributed by atoms with Crippen LogP contribution in [-0.2, 0) is 0 Å². The zero-order valence-electron chi connectivity index (χ0n) is 17.0. The summed E-state index contributed by atoms with van der Waals surface area (Å²) in [6.45, 7) is 4.95. The van der Waals surface area contributed by atoms with Crippen molar-refractivity contribution in [3.63, 3.8) is 0 Å². The lowest BCUT2D eigenvalue weighted by Crippen LogP contribution is -2.49. The van der Waals surface area contributed by atoms with E-state index in [1.807, 2.05) is 44.2 Å². The maximum atomic E-state index is 13.3. The van der Waals surface area contributed by atoms with E-state index in [9.17, 15) is 4.79 Å². The van der Waals surface area contributed by atoms with Crippen LogP contribution in [0.4, 0.5) is 0 Å². The first-order chi connectivity index (χ1) is 14.2. The minimum Gasteiger partial charge on any atom is -0.490 e. The van der Waals surface area contributed by atoms with Crippen LogP contribution in [0.1, 0.15) is 49.9 Å². The number of benzene rings is 1. The van der Waals surface area contributed by atoms with Crippen LogP contribution < -0.4 is 14.2 Å². The fourth-order valence-electron chi connectivity index (χ4n) is 4.50. The Bertz CT molecular complexity index is 828. The van der Waals surface area contributed by atoms with Gasteiger partial charge in [-0.15, -0.1) is 0 Å². The summed E-state index contributed by atoms with van der Waals surface area (Å²) in [6.07, 6.45) is 7.40. The van der Waals surface area contributed by atoms with Crippen molar-refractivity contribution in [2.24, 2.45) is 0 Å². The van der Waals surface area contributed by atoms with Crippen molar-refractivity contribution in [2.75, 3.05) is 13.2 Å². The molecule has 0 spiro atoms. The van der Waals surface area contributed by atoms with E-state index in [-0.39, 0.29) is 24.1 Å². The molecule has 2 aromatic rings. The van der Waals surface area contributed by atoms with Crippen molar-refractivity contribution in [3.8, 4) is 17.2 Å². The van der Waals surface area contributed by atoms with Crippen LogP contribution in [0.2, 0.25) is 0 Å². The molecule has 29 heavy (non-hydrogen) atoms. The van der Waals surface area contributed by atoms with E-state index in [2.05, 4.69) is 9.88 Å². The Kier molecular flexibility index (Phi) is 5.88. The topological polar surface area (TPSA) is 60.9 Å². The molecule has 154 valence electrons. The van der Waals surface area contributed by atoms with Gasteiger partial charge < -0.3 is 19.1 Å². The smallest absolute Gasteiger partial charge is 0.254 e. The first-order valence-corrected chi connectivity index (χ1v) is 10.5. The molecule has 2 fully saturated rings. The molecule has 0 aliphatic carbocycles. The van der Waals surface area contributed by atoms with Crippen molar-refractivity contribution in [1.82, 2.24) is 9.88 Å². The van der Waals surface area contributed by atoms with E-state index in [1.54, 1.807) is 12.4 Å². The van der Waals surface area contributed by atoms with E-state index < -0.39 is 0 Å². The highest BCUT2D eigenvalue weighted by atomic mass is 16.5. The summed E-state index contributed by atoms with van der Waals surface area (Å²) in [5, 5.41) is 0. The molecule has 2 aliphatic rings. The molecule has 6 nitrogen and oxygen atoms in total. The van der Waals surface area contributed by atoms with Gasteiger partial charge in [-0.05, 0) is 57.0 Å². The first kappa shape index (κ1) is 19.6. The molecule has 1 aromatic carbocycles. The summed E-state index contributed by atoms with van der Waals surface area (Å²) in [5.41, 5.74) is 0.655. The summed E-state index contributed by atoms with van der Waals surface area (Å²) in [7, 11) is 0. The molecule has 2 atom stereocenters. The van der Waals surface area contributed by atoms with Gasteiger partial charge in [-0.25, -0.2) is 0 Å². The molecule has 2 aliphatic heterocycles. The minimum absolute atomic E-state index is 0.0730. The monoisotopic (exact) mass is 396 g/mol. The number of piperidine rings is 1. The fraction of sp³-hybridized carbons (Fsp3) is 0.478. The molecule has 6 heteroatoms. The summed E-state index contributed by atoms with van der Waals surface area (Å²) >= 11 is 0. The molecule has 4 rings (SSSR count). The largest absolute Gasteiger partial charge is 0.490 e. The van der Waals surface area contributed by atoms with E-state index >= 15 is 0 Å². The van der Waals surface area contributed by atoms with E-state index in [4.69, 9.17) is 14.2 Å². The van der Waals surface area contributed by atoms with Gasteiger partial charge in [0.1, 0.15) is 11.9 Å². The lowest BCUT2D eigenvalue weighted by molar-refractivity contribution is 0.0358. The number of rotatable bonds is 7. The summed E-state index contributed by atoms with van der Waals surface area (Å²) in [6, 6.07) is 9.70. The number of ether oxygens (including phenoxy) is 3. The quantitative estimate of drug-likeness (QED) is 0.705. The van der Waals surface area contributed by atoms with Gasteiger partial charge in [-0.3, -0.25) is 9.78 Å². The third-order valence-electron chi connectivity index (χ3n) is 5.67. The van der Waals surface area contributed by atoms with Gasteiger partial charge in [0.05, 0.1) is 13.2 Å². The molecule has 2 saturated heterocycles. The fourth-order valence-corrected chi connectivity index (χ4v) is 4.50. The highest BCUT2D eigenvalue weighted by Crippen LogP contribution is 2.39. The van der Waals surface area contributed by atoms with Crippen molar-refractivity contribution in [1.29, 1.82) is 0 Å². The number of amides is 1. The van der Waals surface area contributed by atoms with Gasteiger partial charge >= 0.3 is 0 Å². The van der Waals surface area contributed by atoms with Gasteiger partial charge in [0.2, 0.25) is 0 Å². The third-order valence-corrected chi connectivity index (χ3v) is 5.67. The average Bonchev–Trinajstić information content (AvgIpc) is 3.00. The molecule has 2 unspecified atom stereocenters. The molecule has 0 radical (unpaired) electrons. The lowest BCUT2D eigenvalue weighted by Gasteiger charge is -2.39. The molecular formula is C23H28N2O4. The van der Waals surface area contributed by atoms with Crippen molar-refractivity contribution in [2.45, 2.75) is 57.7 Å². The number of hydrogen-bond acceptors (Lipinski definition) is 5. The Morgan fingerprint density at radius 2 is 1.66 bits per heavy atom. The highest BCUT2D eigenvalue weighted by molar-refractivity contribution is 5.95. The zero-order chi connectivity index (χ0) is 20.2. The highest BCUT2D eigenvalue weighted by Gasteiger charge is 2.44. The zero-order valence-corrected chi connectivity index (χ0v) is 17.0. The van der Waals surface area contributed by atoms with Crippen LogP contribution >= 0.6 is 0 Å². The van der Waals surface area contributed by atoms with Crippen LogP contribution in [0.25, 0.3) is 0 Å². The van der Waals surface area contributed by atoms with Crippen molar-refractivity contribution < 1.29 is 19.0 Å². The number of pyridine rings is 1. The van der Waals surface area contributed by atoms with E-state index in [0.29, 0.717) is 30.3 Å². The normalized spacial score (nSPS) is 23.0. The van der Waals surface area contributed by atoms with E-state index in [1.165, 1.54) is 0 Å². The molecule has 3 heterocycles. The Hall–Kier alpha value is -2.76. The third kappa shape index (κ3) is 4.16. The lowest BCUT2D eigenvalue weighted by atomic mass is 9.98. The van der Waals surface area contributed by atoms with Crippen molar-refractivity contribution >= 4 is 5.91 Å². The Morgan fingerprint density at radius 1 is 1.00 bits per heavy atom. The van der Waals surface area contributed by atoms with E-state index in [0.717, 1.165) is 31.4 Å². The predicted octanol–water partition coefficient (Wildman–Crippen LogP) is 4.09. The van der Waals surface area contributed by atoms with Gasteiger partial charge in [-0.2, -0.15) is 0 Å². The molecule has 2 bridgehead atoms. The predicted molar refractivity (Wildman–Crippen MR) is 110 cm³/mol. The van der Waals surface area contributed by atoms with Gasteiger partial charge in [-0.1, -0.05) is 0 Å². The Balaban J connectivity index is 1.48. The minimum atomic E-state index is 0.0730. The Labute approximate surface area is 171 Å². The number of fused-ring (bicyclic) bond motifs is 2. The van der Waals surface area contributed by atoms with Crippen molar-refractivity contribution in [3.05, 3.63) is 48.3 Å². The van der Waals surface area contributed by atoms with Gasteiger partial charge in [0.25, 0.3) is 5.91 Å². The molecule has 1 amide bonds. The van der Waals surface area contributed by atoms with Crippen LogP contribution in [0.3, 0.4) is 0 Å². The number of carbonyl (C=O) groups excluding carboxylic acids is 1. The number of aromatic nitrogens is 1. The maximum absolute atomic E-state index is 13.3. The molecule has 1 aromatic heterocycles. The number of hydrogen-bond donors (Lipinski definition) is 0. The van der Waals surface area contributed by atoms with Gasteiger partial charge in [0.15, 0.2) is 11.5 Å². The summed E-state index contributed by atoms with van der Waals surface area (Å²) in [4.78, 5) is 19.4.